The summed E-state index contributed by atoms with van der Waals surface area (Å²) >= 11 is 1.39. The number of methoxy groups -OCH3 is 1. The van der Waals surface area contributed by atoms with Crippen LogP contribution in [-0.4, -0.2) is 29.3 Å². The number of aryl methyl sites for hydroxylation is 3. The van der Waals surface area contributed by atoms with Gasteiger partial charge in [0.15, 0.2) is 0 Å². The molecule has 0 bridgehead atoms. The Balaban J connectivity index is 1.86. The number of nitrogens with one attached hydrogen (secondary N) is 2. The van der Waals surface area contributed by atoms with Crippen molar-refractivity contribution < 1.29 is 14.3 Å². The molecule has 0 radical (unpaired) electrons. The Kier molecular flexibility index (Phi) is 7.75. The van der Waals surface area contributed by atoms with Crippen LogP contribution in [0.25, 0.3) is 0 Å². The van der Waals surface area contributed by atoms with Gasteiger partial charge in [0.2, 0.25) is 5.91 Å². The largest absolute Gasteiger partial charge is 0.469 e. The fourth-order valence-corrected chi connectivity index (χ4v) is 4.60. The van der Waals surface area contributed by atoms with Crippen LogP contribution in [0.2, 0.25) is 0 Å². The number of carbonyl (C=O) groups is 2. The summed E-state index contributed by atoms with van der Waals surface area (Å²) in [7, 11) is 1.36. The van der Waals surface area contributed by atoms with Gasteiger partial charge in [0.1, 0.15) is 0 Å². The molecule has 2 aromatic rings. The van der Waals surface area contributed by atoms with Crippen molar-refractivity contribution in [3.63, 3.8) is 0 Å². The second-order valence-corrected chi connectivity index (χ2v) is 9.02. The Morgan fingerprint density at radius 2 is 1.84 bits per heavy atom. The first-order valence-electron chi connectivity index (χ1n) is 10.6. The number of carbonyl (C=O) groups excluding carboxylic acids is 2. The van der Waals surface area contributed by atoms with Crippen molar-refractivity contribution in [3.8, 4) is 0 Å². The summed E-state index contributed by atoms with van der Waals surface area (Å²) in [6.07, 6.45) is 2.55. The topological polar surface area (TPSA) is 79.8 Å². The maximum absolute atomic E-state index is 13.1. The molecule has 3 rings (SSSR count). The predicted octanol–water partition coefficient (Wildman–Crippen LogP) is 5.66. The molecule has 1 atom stereocenters. The van der Waals surface area contributed by atoms with Crippen molar-refractivity contribution in [2.75, 3.05) is 17.7 Å². The minimum absolute atomic E-state index is 0.0661. The van der Waals surface area contributed by atoms with E-state index in [0.29, 0.717) is 17.2 Å². The van der Waals surface area contributed by atoms with Gasteiger partial charge in [-0.2, -0.15) is 0 Å². The summed E-state index contributed by atoms with van der Waals surface area (Å²) < 4.78 is 4.82. The molecule has 0 fully saturated rings. The van der Waals surface area contributed by atoms with Crippen LogP contribution in [0.4, 0.5) is 17.1 Å². The van der Waals surface area contributed by atoms with E-state index in [2.05, 4.69) is 22.8 Å². The van der Waals surface area contributed by atoms with E-state index in [0.717, 1.165) is 28.2 Å². The number of anilines is 2. The first-order chi connectivity index (χ1) is 15.3. The minimum Gasteiger partial charge on any atom is -0.469 e. The number of esters is 1. The van der Waals surface area contributed by atoms with Crippen LogP contribution in [0.15, 0.2) is 53.2 Å². The molecule has 1 amide bonds. The lowest BCUT2D eigenvalue weighted by Gasteiger charge is -2.18. The molecule has 1 aliphatic heterocycles. The Morgan fingerprint density at radius 3 is 2.50 bits per heavy atom. The molecule has 0 saturated carbocycles. The van der Waals surface area contributed by atoms with Crippen LogP contribution in [0, 0.1) is 20.8 Å². The molecule has 6 nitrogen and oxygen atoms in total. The van der Waals surface area contributed by atoms with Gasteiger partial charge in [0, 0.05) is 11.4 Å². The van der Waals surface area contributed by atoms with Gasteiger partial charge in [-0.1, -0.05) is 48.5 Å². The van der Waals surface area contributed by atoms with E-state index < -0.39 is 0 Å². The quantitative estimate of drug-likeness (QED) is 0.554. The van der Waals surface area contributed by atoms with Crippen molar-refractivity contribution in [1.82, 2.24) is 0 Å². The summed E-state index contributed by atoms with van der Waals surface area (Å²) in [5, 5.41) is 6.70. The fraction of sp³-hybridized carbons (Fsp3) is 0.320. The zero-order chi connectivity index (χ0) is 23.3. The third kappa shape index (κ3) is 5.79. The Hall–Kier alpha value is -3.06. The number of hydrogen-bond acceptors (Lipinski definition) is 6. The van der Waals surface area contributed by atoms with Crippen molar-refractivity contribution in [1.29, 1.82) is 0 Å². The summed E-state index contributed by atoms with van der Waals surface area (Å²) in [6.45, 7) is 8.03. The molecule has 168 valence electrons. The SMILES string of the molecule is CC[C@@H](SC1=Nc2ccccc2NC(CC(=O)OC)=C1)C(=O)Nc1c(C)cc(C)cc1C. The van der Waals surface area contributed by atoms with Crippen LogP contribution >= 0.6 is 11.8 Å². The van der Waals surface area contributed by atoms with Gasteiger partial charge in [-0.25, -0.2) is 4.99 Å². The number of nitrogens with zero attached hydrogens (tertiary/aromatic N) is 1. The molecule has 2 aromatic carbocycles. The second-order valence-electron chi connectivity index (χ2n) is 7.79. The van der Waals surface area contributed by atoms with E-state index in [-0.39, 0.29) is 23.5 Å². The van der Waals surface area contributed by atoms with E-state index in [9.17, 15) is 9.59 Å². The molecule has 0 aromatic heterocycles. The molecule has 0 saturated heterocycles. The molecule has 0 spiro atoms. The molecule has 1 aliphatic rings. The molecular weight excluding hydrogens is 422 g/mol. The highest BCUT2D eigenvalue weighted by molar-refractivity contribution is 8.15. The zero-order valence-electron chi connectivity index (χ0n) is 19.1. The number of fused-ring (bicyclic) bond motifs is 1. The predicted molar refractivity (Wildman–Crippen MR) is 133 cm³/mol. The first-order valence-corrected chi connectivity index (χ1v) is 11.5. The number of ether oxygens (including phenoxy) is 1. The molecule has 0 aliphatic carbocycles. The standard InChI is InChI=1S/C25H29N3O3S/c1-6-21(25(30)28-24-16(3)11-15(2)12-17(24)4)32-22-13-18(14-23(29)31-5)26-19-9-7-8-10-20(19)27-22/h7-13,21,26H,6,14H2,1-5H3,(H,28,30)/t21-/m1/s1. The summed E-state index contributed by atoms with van der Waals surface area (Å²) in [6, 6.07) is 11.8. The highest BCUT2D eigenvalue weighted by Gasteiger charge is 2.23. The second kappa shape index (κ2) is 10.5. The number of amides is 1. The van der Waals surface area contributed by atoms with Gasteiger partial charge in [0.05, 0.1) is 35.2 Å². The van der Waals surface area contributed by atoms with Crippen molar-refractivity contribution in [2.24, 2.45) is 4.99 Å². The third-order valence-corrected chi connectivity index (χ3v) is 6.42. The van der Waals surface area contributed by atoms with E-state index in [4.69, 9.17) is 9.73 Å². The lowest BCUT2D eigenvalue weighted by atomic mass is 10.0. The lowest BCUT2D eigenvalue weighted by Crippen LogP contribution is -2.26. The number of thioether (sulfide) groups is 1. The molecule has 0 unspecified atom stereocenters. The van der Waals surface area contributed by atoms with Gasteiger partial charge in [0.25, 0.3) is 0 Å². The average molecular weight is 452 g/mol. The summed E-state index contributed by atoms with van der Waals surface area (Å²) in [5.41, 5.74) is 6.35. The molecular formula is C25H29N3O3S. The maximum Gasteiger partial charge on any atom is 0.311 e. The number of hydrogen-bond donors (Lipinski definition) is 2. The van der Waals surface area contributed by atoms with Crippen molar-refractivity contribution in [3.05, 3.63) is 64.9 Å². The van der Waals surface area contributed by atoms with E-state index in [1.807, 2.05) is 58.0 Å². The number of rotatable bonds is 6. The highest BCUT2D eigenvalue weighted by Crippen LogP contribution is 2.33. The average Bonchev–Trinajstić information content (AvgIpc) is 2.92. The van der Waals surface area contributed by atoms with Crippen LogP contribution in [0.3, 0.4) is 0 Å². The van der Waals surface area contributed by atoms with Gasteiger partial charge < -0.3 is 15.4 Å². The Morgan fingerprint density at radius 1 is 1.16 bits per heavy atom. The number of aliphatic imine (C=N–C) groups is 1. The van der Waals surface area contributed by atoms with Crippen molar-refractivity contribution in [2.45, 2.75) is 45.8 Å². The normalized spacial score (nSPS) is 13.7. The lowest BCUT2D eigenvalue weighted by molar-refractivity contribution is -0.139. The minimum atomic E-state index is -0.345. The van der Waals surface area contributed by atoms with Crippen LogP contribution < -0.4 is 10.6 Å². The highest BCUT2D eigenvalue weighted by atomic mass is 32.2. The fourth-order valence-electron chi connectivity index (χ4n) is 3.62. The Bertz CT molecular complexity index is 1070. The third-order valence-electron chi connectivity index (χ3n) is 5.14. The first kappa shape index (κ1) is 23.6. The molecule has 32 heavy (non-hydrogen) atoms. The molecule has 2 N–H and O–H groups in total. The monoisotopic (exact) mass is 451 g/mol. The van der Waals surface area contributed by atoms with E-state index in [1.165, 1.54) is 24.4 Å². The van der Waals surface area contributed by atoms with Crippen molar-refractivity contribution >= 4 is 45.7 Å². The number of benzene rings is 2. The molecule has 7 heteroatoms. The van der Waals surface area contributed by atoms with Gasteiger partial charge in [-0.3, -0.25) is 9.59 Å². The van der Waals surface area contributed by atoms with Gasteiger partial charge in [-0.15, -0.1) is 0 Å². The number of para-hydroxylation sites is 2. The molecule has 1 heterocycles. The zero-order valence-corrected chi connectivity index (χ0v) is 19.9. The van der Waals surface area contributed by atoms with Gasteiger partial charge in [-0.05, 0) is 56.5 Å². The van der Waals surface area contributed by atoms with Gasteiger partial charge >= 0.3 is 5.97 Å². The van der Waals surface area contributed by atoms with Crippen LogP contribution in [-0.2, 0) is 14.3 Å². The maximum atomic E-state index is 13.1. The van der Waals surface area contributed by atoms with E-state index in [1.54, 1.807) is 0 Å². The summed E-state index contributed by atoms with van der Waals surface area (Å²) in [5.74, 6) is -0.411. The van der Waals surface area contributed by atoms with Crippen LogP contribution in [0.5, 0.6) is 0 Å². The summed E-state index contributed by atoms with van der Waals surface area (Å²) in [4.78, 5) is 29.8. The van der Waals surface area contributed by atoms with Crippen LogP contribution in [0.1, 0.15) is 36.5 Å². The Labute approximate surface area is 193 Å². The van der Waals surface area contributed by atoms with E-state index >= 15 is 0 Å². The smallest absolute Gasteiger partial charge is 0.311 e.